The molecule has 0 spiro atoms. The number of ether oxygens (including phenoxy) is 1. The third kappa shape index (κ3) is 2.56. The first-order chi connectivity index (χ1) is 9.84. The number of nitrogens with one attached hydrogen (secondary N) is 2. The van der Waals surface area contributed by atoms with Crippen molar-refractivity contribution in [2.75, 3.05) is 18.5 Å². The van der Waals surface area contributed by atoms with Crippen LogP contribution in [0, 0.1) is 0 Å². The van der Waals surface area contributed by atoms with Gasteiger partial charge in [0.1, 0.15) is 6.61 Å². The summed E-state index contributed by atoms with van der Waals surface area (Å²) in [4.78, 5) is 16.4. The lowest BCUT2D eigenvalue weighted by atomic mass is 10.1. The number of nitrogens with zero attached hydrogens (tertiary/aromatic N) is 1. The number of benzene rings is 1. The van der Waals surface area contributed by atoms with Crippen molar-refractivity contribution in [1.29, 1.82) is 0 Å². The summed E-state index contributed by atoms with van der Waals surface area (Å²) in [5, 5.41) is 6.07. The van der Waals surface area contributed by atoms with E-state index in [-0.39, 0.29) is 5.91 Å². The molecule has 3 rings (SSSR count). The molecule has 0 aliphatic carbocycles. The number of hydrogen-bond donors (Lipinski definition) is 2. The predicted molar refractivity (Wildman–Crippen MR) is 75.8 cm³/mol. The topological polar surface area (TPSA) is 63.2 Å². The van der Waals surface area contributed by atoms with E-state index in [2.05, 4.69) is 15.6 Å². The molecule has 5 nitrogen and oxygen atoms in total. The lowest BCUT2D eigenvalue weighted by Crippen LogP contribution is -2.26. The molecule has 0 saturated carbocycles. The molecule has 2 heterocycles. The van der Waals surface area contributed by atoms with Gasteiger partial charge in [0.25, 0.3) is 5.91 Å². The molecular formula is C15H15N3O2. The molecule has 0 atom stereocenters. The number of pyridine rings is 1. The number of fused-ring (bicyclic) bond motifs is 1. The Balaban J connectivity index is 1.74. The first-order valence-electron chi connectivity index (χ1n) is 6.52. The lowest BCUT2D eigenvalue weighted by molar-refractivity contribution is 0.0946. The third-order valence-electron chi connectivity index (χ3n) is 3.08. The molecule has 102 valence electrons. The monoisotopic (exact) mass is 269 g/mol. The van der Waals surface area contributed by atoms with Gasteiger partial charge in [0.15, 0.2) is 5.75 Å². The van der Waals surface area contributed by atoms with Crippen LogP contribution in [0.15, 0.2) is 42.6 Å². The highest BCUT2D eigenvalue weighted by molar-refractivity contribution is 5.98. The predicted octanol–water partition coefficient (Wildman–Crippen LogP) is 1.82. The van der Waals surface area contributed by atoms with Crippen molar-refractivity contribution in [3.05, 3.63) is 53.9 Å². The summed E-state index contributed by atoms with van der Waals surface area (Å²) in [5.74, 6) is 0.466. The largest absolute Gasteiger partial charge is 0.489 e. The van der Waals surface area contributed by atoms with Gasteiger partial charge in [-0.25, -0.2) is 0 Å². The summed E-state index contributed by atoms with van der Waals surface area (Å²) in [7, 11) is 0. The smallest absolute Gasteiger partial charge is 0.255 e. The Morgan fingerprint density at radius 2 is 2.25 bits per heavy atom. The zero-order valence-electron chi connectivity index (χ0n) is 10.9. The highest BCUT2D eigenvalue weighted by Gasteiger charge is 2.18. The number of para-hydroxylation sites is 1. The zero-order valence-corrected chi connectivity index (χ0v) is 10.9. The van der Waals surface area contributed by atoms with Crippen LogP contribution >= 0.6 is 0 Å². The first kappa shape index (κ1) is 12.5. The second-order valence-electron chi connectivity index (χ2n) is 4.46. The van der Waals surface area contributed by atoms with E-state index < -0.39 is 0 Å². The van der Waals surface area contributed by atoms with E-state index in [1.54, 1.807) is 12.3 Å². The number of amides is 1. The summed E-state index contributed by atoms with van der Waals surface area (Å²) < 4.78 is 5.59. The van der Waals surface area contributed by atoms with Gasteiger partial charge < -0.3 is 15.4 Å². The number of anilines is 1. The maximum atomic E-state index is 12.2. The number of rotatable bonds is 3. The summed E-state index contributed by atoms with van der Waals surface area (Å²) in [6.45, 7) is 1.72. The molecule has 0 unspecified atom stereocenters. The van der Waals surface area contributed by atoms with Gasteiger partial charge in [-0.2, -0.15) is 0 Å². The summed E-state index contributed by atoms with van der Waals surface area (Å²) in [6.07, 6.45) is 1.71. The Morgan fingerprint density at radius 3 is 3.10 bits per heavy atom. The zero-order chi connectivity index (χ0) is 13.8. The minimum absolute atomic E-state index is 0.156. The molecule has 1 aromatic heterocycles. The minimum atomic E-state index is -0.156. The Hall–Kier alpha value is -2.56. The molecule has 1 aliphatic rings. The SMILES string of the molecule is O=C(NCc1ccccn1)c1cccc2c1OCCN2. The third-order valence-corrected chi connectivity index (χ3v) is 3.08. The summed E-state index contributed by atoms with van der Waals surface area (Å²) in [6, 6.07) is 11.1. The van der Waals surface area contributed by atoms with Crippen molar-refractivity contribution in [3.63, 3.8) is 0 Å². The normalized spacial score (nSPS) is 12.8. The van der Waals surface area contributed by atoms with Gasteiger partial charge >= 0.3 is 0 Å². The van der Waals surface area contributed by atoms with Crippen molar-refractivity contribution in [2.24, 2.45) is 0 Å². The van der Waals surface area contributed by atoms with Crippen LogP contribution in [0.25, 0.3) is 0 Å². The van der Waals surface area contributed by atoms with E-state index in [0.29, 0.717) is 24.5 Å². The van der Waals surface area contributed by atoms with Crippen LogP contribution < -0.4 is 15.4 Å². The number of hydrogen-bond acceptors (Lipinski definition) is 4. The molecule has 0 bridgehead atoms. The van der Waals surface area contributed by atoms with Gasteiger partial charge in [0.2, 0.25) is 0 Å². The second-order valence-corrected chi connectivity index (χ2v) is 4.46. The fourth-order valence-corrected chi connectivity index (χ4v) is 2.12. The molecule has 1 aromatic carbocycles. The van der Waals surface area contributed by atoms with Crippen molar-refractivity contribution in [1.82, 2.24) is 10.3 Å². The van der Waals surface area contributed by atoms with Gasteiger partial charge in [-0.3, -0.25) is 9.78 Å². The van der Waals surface area contributed by atoms with E-state index >= 15 is 0 Å². The average molecular weight is 269 g/mol. The summed E-state index contributed by atoms with van der Waals surface area (Å²) >= 11 is 0. The Kier molecular flexibility index (Phi) is 3.50. The molecule has 0 saturated heterocycles. The molecule has 1 aliphatic heterocycles. The second kappa shape index (κ2) is 5.61. The fourth-order valence-electron chi connectivity index (χ4n) is 2.12. The molecule has 2 N–H and O–H groups in total. The maximum absolute atomic E-state index is 12.2. The van der Waals surface area contributed by atoms with Gasteiger partial charge in [0, 0.05) is 12.7 Å². The maximum Gasteiger partial charge on any atom is 0.255 e. The van der Waals surface area contributed by atoms with Crippen molar-refractivity contribution in [2.45, 2.75) is 6.54 Å². The number of carbonyl (C=O) groups excluding carboxylic acids is 1. The van der Waals surface area contributed by atoms with Gasteiger partial charge in [0.05, 0.1) is 23.5 Å². The van der Waals surface area contributed by atoms with Crippen LogP contribution in [0.3, 0.4) is 0 Å². The van der Waals surface area contributed by atoms with E-state index in [1.807, 2.05) is 30.3 Å². The van der Waals surface area contributed by atoms with Crippen molar-refractivity contribution in [3.8, 4) is 5.75 Å². The lowest BCUT2D eigenvalue weighted by Gasteiger charge is -2.21. The molecule has 0 fully saturated rings. The highest BCUT2D eigenvalue weighted by Crippen LogP contribution is 2.31. The molecule has 20 heavy (non-hydrogen) atoms. The minimum Gasteiger partial charge on any atom is -0.489 e. The number of carbonyl (C=O) groups is 1. The van der Waals surface area contributed by atoms with E-state index in [4.69, 9.17) is 4.74 Å². The van der Waals surface area contributed by atoms with E-state index in [9.17, 15) is 4.79 Å². The Morgan fingerprint density at radius 1 is 1.30 bits per heavy atom. The molecule has 5 heteroatoms. The van der Waals surface area contributed by atoms with Crippen molar-refractivity contribution < 1.29 is 9.53 Å². The van der Waals surface area contributed by atoms with E-state index in [1.165, 1.54) is 0 Å². The molecule has 0 radical (unpaired) electrons. The van der Waals surface area contributed by atoms with Crippen LogP contribution in [0.2, 0.25) is 0 Å². The van der Waals surface area contributed by atoms with E-state index in [0.717, 1.165) is 17.9 Å². The first-order valence-corrected chi connectivity index (χ1v) is 6.52. The van der Waals surface area contributed by atoms with Gasteiger partial charge in [-0.05, 0) is 24.3 Å². The molecular weight excluding hydrogens is 254 g/mol. The average Bonchev–Trinajstić information content (AvgIpc) is 2.53. The van der Waals surface area contributed by atoms with Gasteiger partial charge in [-0.15, -0.1) is 0 Å². The summed E-state index contributed by atoms with van der Waals surface area (Å²) in [5.41, 5.74) is 2.23. The van der Waals surface area contributed by atoms with Crippen LogP contribution in [0.1, 0.15) is 16.1 Å². The fraction of sp³-hybridized carbons (Fsp3) is 0.200. The Labute approximate surface area is 117 Å². The van der Waals surface area contributed by atoms with Crippen LogP contribution in [-0.2, 0) is 6.54 Å². The standard InChI is InChI=1S/C15H15N3O2/c19-15(18-10-11-4-1-2-7-16-11)12-5-3-6-13-14(12)20-9-8-17-13/h1-7,17H,8-10H2,(H,18,19). The quantitative estimate of drug-likeness (QED) is 0.892. The van der Waals surface area contributed by atoms with Crippen LogP contribution in [-0.4, -0.2) is 24.0 Å². The molecule has 1 amide bonds. The van der Waals surface area contributed by atoms with Crippen molar-refractivity contribution >= 4 is 11.6 Å². The van der Waals surface area contributed by atoms with Gasteiger partial charge in [-0.1, -0.05) is 12.1 Å². The molecule has 2 aromatic rings. The Bertz CT molecular complexity index is 614. The van der Waals surface area contributed by atoms with Crippen LogP contribution in [0.4, 0.5) is 5.69 Å². The number of aromatic nitrogens is 1. The van der Waals surface area contributed by atoms with Crippen LogP contribution in [0.5, 0.6) is 5.75 Å². The highest BCUT2D eigenvalue weighted by atomic mass is 16.5.